The molecule has 0 aromatic heterocycles. The fourth-order valence-corrected chi connectivity index (χ4v) is 5.79. The van der Waals surface area contributed by atoms with Crippen molar-refractivity contribution in [2.24, 2.45) is 0 Å². The minimum Gasteiger partial charge on any atom is -0.325 e. The topological polar surface area (TPSA) is 87.3 Å². The predicted octanol–water partition coefficient (Wildman–Crippen LogP) is 9.18. The van der Waals surface area contributed by atoms with Crippen molar-refractivity contribution in [3.8, 4) is 0 Å². The summed E-state index contributed by atoms with van der Waals surface area (Å²) in [6, 6.07) is 37.6. The fraction of sp³-hybridized carbons (Fsp3) is 0.0541. The lowest BCUT2D eigenvalue weighted by Crippen LogP contribution is -2.30. The average Bonchev–Trinajstić information content (AvgIpc) is 3.07. The molecule has 0 heterocycles. The molecule has 3 N–H and O–H groups in total. The molecule has 5 rings (SSSR count). The highest BCUT2D eigenvalue weighted by atomic mass is 35.5. The number of nitrogens with one attached hydrogen (secondary N) is 3. The maximum atomic E-state index is 13.5. The Morgan fingerprint density at radius 1 is 0.717 bits per heavy atom. The maximum Gasteiger partial charge on any atom is 0.272 e. The van der Waals surface area contributed by atoms with Crippen LogP contribution in [0.2, 0.25) is 10.0 Å². The van der Waals surface area contributed by atoms with Crippen molar-refractivity contribution in [3.05, 3.63) is 165 Å². The zero-order valence-corrected chi connectivity index (χ0v) is 27.0. The van der Waals surface area contributed by atoms with Gasteiger partial charge in [0.2, 0.25) is 5.91 Å². The van der Waals surface area contributed by atoms with Gasteiger partial charge in [-0.1, -0.05) is 89.9 Å². The number of carbonyl (C=O) groups excluding carboxylic acids is 3. The third-order valence-corrected chi connectivity index (χ3v) is 8.87. The summed E-state index contributed by atoms with van der Waals surface area (Å²) in [5, 5.41) is 9.19. The number of rotatable bonds is 10. The predicted molar refractivity (Wildman–Crippen MR) is 188 cm³/mol. The largest absolute Gasteiger partial charge is 0.325 e. The number of hydrogen-bond acceptors (Lipinski definition) is 4. The van der Waals surface area contributed by atoms with E-state index < -0.39 is 17.1 Å². The molecule has 0 aliphatic carbocycles. The first-order valence-electron chi connectivity index (χ1n) is 14.3. The molecule has 6 nitrogen and oxygen atoms in total. The van der Waals surface area contributed by atoms with E-state index in [1.54, 1.807) is 78.9 Å². The van der Waals surface area contributed by atoms with Crippen LogP contribution in [-0.2, 0) is 9.59 Å². The number of carbonyl (C=O) groups is 3. The molecule has 0 saturated carbocycles. The second-order valence-electron chi connectivity index (χ2n) is 10.2. The van der Waals surface area contributed by atoms with Gasteiger partial charge in [-0.15, -0.1) is 11.8 Å². The molecule has 230 valence electrons. The molecule has 5 aromatic carbocycles. The van der Waals surface area contributed by atoms with Crippen LogP contribution in [0.5, 0.6) is 0 Å². The molecular formula is C37H29Cl2N3O3S. The Labute approximate surface area is 281 Å². The summed E-state index contributed by atoms with van der Waals surface area (Å²) in [4.78, 5) is 40.7. The zero-order chi connectivity index (χ0) is 32.5. The first-order chi connectivity index (χ1) is 22.3. The van der Waals surface area contributed by atoms with Crippen molar-refractivity contribution in [1.82, 2.24) is 5.32 Å². The molecule has 0 radical (unpaired) electrons. The van der Waals surface area contributed by atoms with E-state index in [0.29, 0.717) is 32.5 Å². The smallest absolute Gasteiger partial charge is 0.272 e. The molecule has 1 unspecified atom stereocenters. The van der Waals surface area contributed by atoms with Gasteiger partial charge in [-0.05, 0) is 90.4 Å². The van der Waals surface area contributed by atoms with Gasteiger partial charge in [-0.2, -0.15) is 0 Å². The molecule has 0 bridgehead atoms. The van der Waals surface area contributed by atoms with Gasteiger partial charge >= 0.3 is 0 Å². The molecular weight excluding hydrogens is 637 g/mol. The zero-order valence-electron chi connectivity index (χ0n) is 24.7. The van der Waals surface area contributed by atoms with Gasteiger partial charge < -0.3 is 16.0 Å². The molecule has 5 aromatic rings. The second kappa shape index (κ2) is 15.5. The summed E-state index contributed by atoms with van der Waals surface area (Å²) in [7, 11) is 0. The summed E-state index contributed by atoms with van der Waals surface area (Å²) in [5.74, 6) is -1.11. The molecule has 0 saturated heterocycles. The lowest BCUT2D eigenvalue weighted by molar-refractivity contribution is -0.116. The Morgan fingerprint density at radius 2 is 1.37 bits per heavy atom. The highest BCUT2D eigenvalue weighted by Crippen LogP contribution is 2.37. The van der Waals surface area contributed by atoms with Crippen LogP contribution >= 0.6 is 35.0 Å². The van der Waals surface area contributed by atoms with Crippen molar-refractivity contribution in [2.45, 2.75) is 17.1 Å². The van der Waals surface area contributed by atoms with Crippen LogP contribution in [-0.4, -0.2) is 17.7 Å². The Hall–Kier alpha value is -4.82. The molecule has 0 aliphatic rings. The Bertz CT molecular complexity index is 1860. The number of benzene rings is 5. The first kappa shape index (κ1) is 32.6. The van der Waals surface area contributed by atoms with Gasteiger partial charge in [0.1, 0.15) is 10.9 Å². The van der Waals surface area contributed by atoms with E-state index >= 15 is 0 Å². The summed E-state index contributed by atoms with van der Waals surface area (Å²) >= 11 is 13.7. The van der Waals surface area contributed by atoms with Crippen LogP contribution in [0.3, 0.4) is 0 Å². The van der Waals surface area contributed by atoms with Crippen LogP contribution in [0.1, 0.15) is 32.3 Å². The number of hydrogen-bond donors (Lipinski definition) is 3. The normalized spacial score (nSPS) is 11.8. The van der Waals surface area contributed by atoms with Gasteiger partial charge in [0, 0.05) is 31.9 Å². The standard InChI is InChI=1S/C37H29Cl2N3O3S/c1-24-31(39)13-8-14-32(24)41-37(45)34(26-9-4-2-5-10-26)46-30-21-19-29(20-22-30)40-36(44)33(23-25-15-17-28(38)18-16-25)42-35(43)27-11-6-3-7-12-27/h2-23,34H,1H3,(H,40,44)(H,41,45)(H,42,43)/b33-23-. The number of anilines is 2. The Kier molecular flexibility index (Phi) is 10.9. The van der Waals surface area contributed by atoms with Crippen LogP contribution in [0.15, 0.2) is 138 Å². The molecule has 3 amide bonds. The minimum atomic E-state index is -0.554. The van der Waals surface area contributed by atoms with E-state index in [2.05, 4.69) is 16.0 Å². The first-order valence-corrected chi connectivity index (χ1v) is 15.9. The average molecular weight is 667 g/mol. The molecule has 0 spiro atoms. The van der Waals surface area contributed by atoms with Gasteiger partial charge in [0.25, 0.3) is 11.8 Å². The van der Waals surface area contributed by atoms with Crippen molar-refractivity contribution < 1.29 is 14.4 Å². The second-order valence-corrected chi connectivity index (χ2v) is 12.2. The van der Waals surface area contributed by atoms with Crippen molar-refractivity contribution in [3.63, 3.8) is 0 Å². The number of thioether (sulfide) groups is 1. The SMILES string of the molecule is Cc1c(Cl)cccc1NC(=O)C(Sc1ccc(NC(=O)/C(=C/c2ccc(Cl)cc2)NC(=O)c2ccccc2)cc1)c1ccccc1. The molecule has 1 atom stereocenters. The quantitative estimate of drug-likeness (QED) is 0.103. The van der Waals surface area contributed by atoms with Crippen LogP contribution in [0.4, 0.5) is 11.4 Å². The highest BCUT2D eigenvalue weighted by molar-refractivity contribution is 8.00. The lowest BCUT2D eigenvalue weighted by atomic mass is 10.1. The fourth-order valence-electron chi connectivity index (χ4n) is 4.46. The number of amides is 3. The van der Waals surface area contributed by atoms with Crippen molar-refractivity contribution >= 4 is 70.1 Å². The van der Waals surface area contributed by atoms with Gasteiger partial charge in [0.05, 0.1) is 0 Å². The van der Waals surface area contributed by atoms with E-state index in [9.17, 15) is 14.4 Å². The van der Waals surface area contributed by atoms with Crippen LogP contribution in [0, 0.1) is 6.92 Å². The summed E-state index contributed by atoms with van der Waals surface area (Å²) in [6.45, 7) is 1.86. The van der Waals surface area contributed by atoms with Crippen molar-refractivity contribution in [1.29, 1.82) is 0 Å². The van der Waals surface area contributed by atoms with Crippen molar-refractivity contribution in [2.75, 3.05) is 10.6 Å². The molecule has 0 fully saturated rings. The molecule has 9 heteroatoms. The van der Waals surface area contributed by atoms with Crippen LogP contribution < -0.4 is 16.0 Å². The summed E-state index contributed by atoms with van der Waals surface area (Å²) < 4.78 is 0. The monoisotopic (exact) mass is 665 g/mol. The molecule has 46 heavy (non-hydrogen) atoms. The minimum absolute atomic E-state index is 0.0618. The lowest BCUT2D eigenvalue weighted by Gasteiger charge is -2.18. The third-order valence-electron chi connectivity index (χ3n) is 6.94. The Balaban J connectivity index is 1.33. The summed E-state index contributed by atoms with van der Waals surface area (Å²) in [6.07, 6.45) is 1.58. The van der Waals surface area contributed by atoms with E-state index in [-0.39, 0.29) is 11.6 Å². The Morgan fingerprint density at radius 3 is 2.04 bits per heavy atom. The van der Waals surface area contributed by atoms with E-state index in [0.717, 1.165) is 16.0 Å². The third kappa shape index (κ3) is 8.67. The van der Waals surface area contributed by atoms with Crippen LogP contribution in [0.25, 0.3) is 6.08 Å². The van der Waals surface area contributed by atoms with Gasteiger partial charge in [-0.25, -0.2) is 0 Å². The van der Waals surface area contributed by atoms with Gasteiger partial charge in [-0.3, -0.25) is 14.4 Å². The van der Waals surface area contributed by atoms with E-state index in [4.69, 9.17) is 23.2 Å². The summed E-state index contributed by atoms with van der Waals surface area (Å²) in [5.41, 5.74) is 3.97. The van der Waals surface area contributed by atoms with E-state index in [1.165, 1.54) is 11.8 Å². The number of halogens is 2. The maximum absolute atomic E-state index is 13.5. The molecule has 0 aliphatic heterocycles. The highest BCUT2D eigenvalue weighted by Gasteiger charge is 2.23. The van der Waals surface area contributed by atoms with E-state index in [1.807, 2.05) is 61.5 Å². The van der Waals surface area contributed by atoms with Gasteiger partial charge in [0.15, 0.2) is 0 Å².